The van der Waals surface area contributed by atoms with Crippen molar-refractivity contribution in [2.45, 2.75) is 25.7 Å². The number of fused-ring (bicyclic) bond motifs is 1. The summed E-state index contributed by atoms with van der Waals surface area (Å²) in [5.74, 6) is -0.943. The summed E-state index contributed by atoms with van der Waals surface area (Å²) < 4.78 is 0. The van der Waals surface area contributed by atoms with Crippen molar-refractivity contribution in [3.8, 4) is 0 Å². The fourth-order valence-electron chi connectivity index (χ4n) is 3.24. The van der Waals surface area contributed by atoms with E-state index in [0.29, 0.717) is 6.54 Å². The van der Waals surface area contributed by atoms with Crippen LogP contribution in [0.25, 0.3) is 0 Å². The molecule has 126 valence electrons. The van der Waals surface area contributed by atoms with Crippen molar-refractivity contribution in [1.82, 2.24) is 0 Å². The van der Waals surface area contributed by atoms with Gasteiger partial charge in [-0.1, -0.05) is 24.3 Å². The van der Waals surface area contributed by atoms with E-state index in [4.69, 9.17) is 5.11 Å². The number of allylic oxidation sites excluding steroid dienone is 2. The van der Waals surface area contributed by atoms with E-state index in [1.165, 1.54) is 36.2 Å². The van der Waals surface area contributed by atoms with Crippen LogP contribution in [0.15, 0.2) is 42.5 Å². The molecule has 1 aromatic rings. The van der Waals surface area contributed by atoms with Crippen LogP contribution in [-0.4, -0.2) is 36.6 Å². The molecule has 24 heavy (non-hydrogen) atoms. The van der Waals surface area contributed by atoms with E-state index in [1.807, 2.05) is 0 Å². The Morgan fingerprint density at radius 1 is 1.12 bits per heavy atom. The van der Waals surface area contributed by atoms with Gasteiger partial charge in [0.1, 0.15) is 0 Å². The number of nitrogens with zero attached hydrogens (tertiary/aromatic N) is 2. The van der Waals surface area contributed by atoms with Gasteiger partial charge in [-0.15, -0.1) is 0 Å². The minimum Gasteiger partial charge on any atom is -0.481 e. The van der Waals surface area contributed by atoms with E-state index < -0.39 is 5.97 Å². The summed E-state index contributed by atoms with van der Waals surface area (Å²) in [5.41, 5.74) is 3.40. The molecule has 2 aliphatic heterocycles. The van der Waals surface area contributed by atoms with Gasteiger partial charge < -0.3 is 14.9 Å². The first-order valence-electron chi connectivity index (χ1n) is 8.39. The van der Waals surface area contributed by atoms with Crippen LogP contribution in [0, 0.1) is 0 Å². The van der Waals surface area contributed by atoms with Gasteiger partial charge in [0.25, 0.3) is 5.91 Å². The van der Waals surface area contributed by atoms with Gasteiger partial charge in [-0.05, 0) is 37.0 Å². The lowest BCUT2D eigenvalue weighted by molar-refractivity contribution is -0.136. The van der Waals surface area contributed by atoms with Gasteiger partial charge in [0.2, 0.25) is 0 Å². The maximum atomic E-state index is 12.4. The summed E-state index contributed by atoms with van der Waals surface area (Å²) in [5, 5.41) is 8.57. The smallest absolute Gasteiger partial charge is 0.307 e. The van der Waals surface area contributed by atoms with Crippen LogP contribution in [0.2, 0.25) is 0 Å². The molecule has 1 saturated heterocycles. The summed E-state index contributed by atoms with van der Waals surface area (Å²) in [7, 11) is 0. The lowest BCUT2D eigenvalue weighted by atomic mass is 10.1. The molecule has 5 nitrogen and oxygen atoms in total. The molecule has 1 amide bonds. The van der Waals surface area contributed by atoms with Crippen molar-refractivity contribution in [1.29, 1.82) is 0 Å². The van der Waals surface area contributed by atoms with Crippen molar-refractivity contribution >= 4 is 23.3 Å². The second kappa shape index (κ2) is 7.34. The number of hydrogen-bond donors (Lipinski definition) is 1. The average Bonchev–Trinajstić information content (AvgIpc) is 3.23. The van der Waals surface area contributed by atoms with Gasteiger partial charge in [-0.3, -0.25) is 9.59 Å². The molecule has 0 saturated carbocycles. The number of hydrogen-bond acceptors (Lipinski definition) is 3. The number of rotatable bonds is 5. The molecule has 0 aromatic heterocycles. The average molecular weight is 326 g/mol. The Morgan fingerprint density at radius 2 is 1.92 bits per heavy atom. The molecule has 0 spiro atoms. The number of carbonyl (C=O) groups is 2. The Kier molecular flexibility index (Phi) is 4.99. The van der Waals surface area contributed by atoms with Crippen LogP contribution >= 0.6 is 0 Å². The molecular weight excluding hydrogens is 304 g/mol. The van der Waals surface area contributed by atoms with Gasteiger partial charge in [0, 0.05) is 37.1 Å². The molecule has 5 heteroatoms. The summed E-state index contributed by atoms with van der Waals surface area (Å²) >= 11 is 0. The highest BCUT2D eigenvalue weighted by molar-refractivity contribution is 6.03. The third-order valence-corrected chi connectivity index (χ3v) is 4.48. The van der Waals surface area contributed by atoms with Gasteiger partial charge in [-0.25, -0.2) is 0 Å². The fraction of sp³-hybridized carbons (Fsp3) is 0.368. The first kappa shape index (κ1) is 16.3. The monoisotopic (exact) mass is 326 g/mol. The van der Waals surface area contributed by atoms with E-state index in [1.54, 1.807) is 17.1 Å². The number of benzene rings is 1. The summed E-state index contributed by atoms with van der Waals surface area (Å²) in [6.45, 7) is 2.86. The highest BCUT2D eigenvalue weighted by atomic mass is 16.4. The van der Waals surface area contributed by atoms with E-state index in [0.717, 1.165) is 25.2 Å². The number of carbonyl (C=O) groups excluding carboxylic acids is 1. The van der Waals surface area contributed by atoms with Crippen molar-refractivity contribution in [2.75, 3.05) is 29.4 Å². The molecule has 2 aliphatic rings. The molecule has 1 fully saturated rings. The second-order valence-electron chi connectivity index (χ2n) is 6.13. The van der Waals surface area contributed by atoms with Gasteiger partial charge in [0.15, 0.2) is 0 Å². The van der Waals surface area contributed by atoms with Crippen LogP contribution in [0.3, 0.4) is 0 Å². The highest BCUT2D eigenvalue weighted by Gasteiger charge is 2.24. The van der Waals surface area contributed by atoms with Crippen molar-refractivity contribution < 1.29 is 14.7 Å². The van der Waals surface area contributed by atoms with Crippen LogP contribution in [0.5, 0.6) is 0 Å². The van der Waals surface area contributed by atoms with Gasteiger partial charge in [0.05, 0.1) is 6.42 Å². The maximum absolute atomic E-state index is 12.4. The normalized spacial score (nSPS) is 17.2. The first-order valence-corrected chi connectivity index (χ1v) is 8.39. The molecular formula is C19H22N2O3. The van der Waals surface area contributed by atoms with Crippen molar-refractivity contribution in [3.63, 3.8) is 0 Å². The summed E-state index contributed by atoms with van der Waals surface area (Å²) in [6, 6.07) is 6.41. The maximum Gasteiger partial charge on any atom is 0.307 e. The van der Waals surface area contributed by atoms with Gasteiger partial charge >= 0.3 is 5.97 Å². The fourth-order valence-corrected chi connectivity index (χ4v) is 3.24. The number of aliphatic carboxylic acids is 1. The second-order valence-corrected chi connectivity index (χ2v) is 6.13. The first-order chi connectivity index (χ1) is 11.6. The summed E-state index contributed by atoms with van der Waals surface area (Å²) in [6.07, 6.45) is 9.52. The molecule has 1 N–H and O–H groups in total. The third kappa shape index (κ3) is 3.67. The predicted molar refractivity (Wildman–Crippen MR) is 94.5 cm³/mol. The molecule has 1 aromatic carbocycles. The molecule has 0 atom stereocenters. The lowest BCUT2D eigenvalue weighted by Gasteiger charge is -2.21. The van der Waals surface area contributed by atoms with Crippen LogP contribution in [0.4, 0.5) is 11.4 Å². The predicted octanol–water partition coefficient (Wildman–Crippen LogP) is 2.76. The Morgan fingerprint density at radius 3 is 2.67 bits per heavy atom. The van der Waals surface area contributed by atoms with Crippen molar-refractivity contribution in [2.24, 2.45) is 0 Å². The van der Waals surface area contributed by atoms with E-state index in [2.05, 4.69) is 23.1 Å². The molecule has 3 rings (SSSR count). The molecule has 0 bridgehead atoms. The van der Waals surface area contributed by atoms with Crippen LogP contribution in [0.1, 0.15) is 24.8 Å². The largest absolute Gasteiger partial charge is 0.481 e. The van der Waals surface area contributed by atoms with Crippen LogP contribution < -0.4 is 9.80 Å². The Labute approximate surface area is 141 Å². The van der Waals surface area contributed by atoms with E-state index in [9.17, 15) is 9.59 Å². The summed E-state index contributed by atoms with van der Waals surface area (Å²) in [4.78, 5) is 27.0. The standard InChI is InChI=1S/C19H22N2O3/c22-18(6-2-1-3-7-19(23)24)21-13-10-15-8-9-16(14-17(15)21)20-11-4-5-12-20/h1-3,6,8-9,14H,4-5,7,10-13H2,(H,23,24). The topological polar surface area (TPSA) is 60.9 Å². The zero-order valence-corrected chi connectivity index (χ0v) is 13.6. The van der Waals surface area contributed by atoms with E-state index >= 15 is 0 Å². The quantitative estimate of drug-likeness (QED) is 0.668. The molecule has 0 unspecified atom stereocenters. The van der Waals surface area contributed by atoms with Crippen LogP contribution in [-0.2, 0) is 16.0 Å². The number of anilines is 2. The highest BCUT2D eigenvalue weighted by Crippen LogP contribution is 2.33. The Hall–Kier alpha value is -2.56. The lowest BCUT2D eigenvalue weighted by Crippen LogP contribution is -2.27. The third-order valence-electron chi connectivity index (χ3n) is 4.48. The molecule has 0 aliphatic carbocycles. The number of carboxylic acid groups (broad SMARTS) is 1. The zero-order valence-electron chi connectivity index (χ0n) is 13.6. The zero-order chi connectivity index (χ0) is 16.9. The SMILES string of the molecule is O=C(O)CC=CC=CC(=O)N1CCc2ccc(N3CCCC3)cc21. The minimum atomic E-state index is -0.881. The number of carboxylic acids is 1. The minimum absolute atomic E-state index is 0.0374. The Balaban J connectivity index is 1.69. The van der Waals surface area contributed by atoms with Crippen molar-refractivity contribution in [3.05, 3.63) is 48.1 Å². The number of amides is 1. The van der Waals surface area contributed by atoms with E-state index in [-0.39, 0.29) is 12.3 Å². The molecule has 2 heterocycles. The van der Waals surface area contributed by atoms with Gasteiger partial charge in [-0.2, -0.15) is 0 Å². The Bertz CT molecular complexity index is 688. The molecule has 0 radical (unpaired) electrons.